The Labute approximate surface area is 94.9 Å². The van der Waals surface area contributed by atoms with Crippen LogP contribution in [0.25, 0.3) is 0 Å². The number of hydrogen-bond donors (Lipinski definition) is 0. The topological polar surface area (TPSA) is 0 Å². The molecule has 0 heterocycles. The highest BCUT2D eigenvalue weighted by molar-refractivity contribution is 4.98. The molecule has 0 aromatic rings. The third kappa shape index (κ3) is 3.41. The van der Waals surface area contributed by atoms with Crippen LogP contribution in [-0.2, 0) is 0 Å². The van der Waals surface area contributed by atoms with E-state index in [1.54, 1.807) is 0 Å². The fourth-order valence-electron chi connectivity index (χ4n) is 0.914. The molecule has 0 bridgehead atoms. The zero-order valence-electron chi connectivity index (χ0n) is 8.77. The van der Waals surface area contributed by atoms with Gasteiger partial charge in [0.25, 0.3) is 0 Å². The van der Waals surface area contributed by atoms with Gasteiger partial charge in [-0.1, -0.05) is 0 Å². The summed E-state index contributed by atoms with van der Waals surface area (Å²) in [6.45, 7) is 0.104. The van der Waals surface area contributed by atoms with Crippen molar-refractivity contribution in [3.63, 3.8) is 0 Å². The van der Waals surface area contributed by atoms with Crippen molar-refractivity contribution in [2.75, 3.05) is 0 Å². The molecule has 0 unspecified atom stereocenters. The van der Waals surface area contributed by atoms with E-state index in [0.717, 1.165) is 0 Å². The zero-order chi connectivity index (χ0) is 15.0. The van der Waals surface area contributed by atoms with E-state index in [0.29, 0.717) is 0 Å². The molecule has 0 rings (SSSR count). The standard InChI is InChI=1S/C8H8F10/c1-5(11,12)2-3-6(13,14)8(17,18)7(15,16)4(9)10/h4H,2-3H2,1H3. The maximum atomic E-state index is 12.7. The normalized spacial score (nSPS) is 15.3. The second-order valence-corrected chi connectivity index (χ2v) is 3.77. The first-order chi connectivity index (χ1) is 7.65. The van der Waals surface area contributed by atoms with Gasteiger partial charge in [0.15, 0.2) is 0 Å². The van der Waals surface area contributed by atoms with Gasteiger partial charge < -0.3 is 0 Å². The Bertz CT molecular complexity index is 276. The molecule has 0 aliphatic heterocycles. The molecule has 0 aromatic heterocycles. The van der Waals surface area contributed by atoms with Crippen molar-refractivity contribution in [3.05, 3.63) is 0 Å². The molecule has 0 fully saturated rings. The van der Waals surface area contributed by atoms with Crippen molar-refractivity contribution >= 4 is 0 Å². The fourth-order valence-corrected chi connectivity index (χ4v) is 0.914. The second kappa shape index (κ2) is 4.76. The van der Waals surface area contributed by atoms with Crippen LogP contribution in [0.5, 0.6) is 0 Å². The fraction of sp³-hybridized carbons (Fsp3) is 1.00. The van der Waals surface area contributed by atoms with E-state index in [4.69, 9.17) is 0 Å². The summed E-state index contributed by atoms with van der Waals surface area (Å²) in [6, 6.07) is 0. The highest BCUT2D eigenvalue weighted by atomic mass is 19.4. The first kappa shape index (κ1) is 17.3. The summed E-state index contributed by atoms with van der Waals surface area (Å²) in [7, 11) is 0. The third-order valence-corrected chi connectivity index (χ3v) is 2.03. The first-order valence-electron chi connectivity index (χ1n) is 4.44. The molecule has 0 amide bonds. The van der Waals surface area contributed by atoms with Crippen LogP contribution < -0.4 is 0 Å². The summed E-state index contributed by atoms with van der Waals surface area (Å²) in [6.07, 6.45) is -9.22. The van der Waals surface area contributed by atoms with Crippen LogP contribution in [0, 0.1) is 0 Å². The van der Waals surface area contributed by atoms with E-state index in [2.05, 4.69) is 0 Å². The summed E-state index contributed by atoms with van der Waals surface area (Å²) in [5, 5.41) is 0. The Balaban J connectivity index is 5.08. The summed E-state index contributed by atoms with van der Waals surface area (Å²) in [5.41, 5.74) is 0. The van der Waals surface area contributed by atoms with Crippen LogP contribution in [-0.4, -0.2) is 30.1 Å². The molecule has 0 saturated carbocycles. The molecule has 10 heteroatoms. The predicted octanol–water partition coefficient (Wildman–Crippen LogP) is 4.59. The first-order valence-corrected chi connectivity index (χ1v) is 4.44. The molecule has 0 aliphatic rings. The second-order valence-electron chi connectivity index (χ2n) is 3.77. The van der Waals surface area contributed by atoms with Gasteiger partial charge in [0, 0.05) is 12.8 Å². The largest absolute Gasteiger partial charge is 0.377 e. The Morgan fingerprint density at radius 3 is 1.44 bits per heavy atom. The zero-order valence-corrected chi connectivity index (χ0v) is 8.77. The number of alkyl halides is 10. The summed E-state index contributed by atoms with van der Waals surface area (Å²) >= 11 is 0. The average Bonchev–Trinajstić information content (AvgIpc) is 2.13. The summed E-state index contributed by atoms with van der Waals surface area (Å²) in [4.78, 5) is 0. The monoisotopic (exact) mass is 294 g/mol. The van der Waals surface area contributed by atoms with E-state index < -0.39 is 43.0 Å². The summed E-state index contributed by atoms with van der Waals surface area (Å²) < 4.78 is 123. The minimum absolute atomic E-state index is 0.104. The van der Waals surface area contributed by atoms with E-state index in [1.165, 1.54) is 0 Å². The molecule has 0 N–H and O–H groups in total. The molecular weight excluding hydrogens is 286 g/mol. The van der Waals surface area contributed by atoms with Crippen LogP contribution in [0.1, 0.15) is 19.8 Å². The van der Waals surface area contributed by atoms with E-state index >= 15 is 0 Å². The molecule has 18 heavy (non-hydrogen) atoms. The minimum atomic E-state index is -6.42. The Morgan fingerprint density at radius 2 is 1.17 bits per heavy atom. The van der Waals surface area contributed by atoms with E-state index in [9.17, 15) is 43.9 Å². The number of hydrogen-bond acceptors (Lipinski definition) is 0. The van der Waals surface area contributed by atoms with Crippen molar-refractivity contribution in [1.29, 1.82) is 0 Å². The van der Waals surface area contributed by atoms with Crippen LogP contribution in [0.15, 0.2) is 0 Å². The lowest BCUT2D eigenvalue weighted by molar-refractivity contribution is -0.341. The van der Waals surface area contributed by atoms with E-state index in [1.807, 2.05) is 0 Å². The van der Waals surface area contributed by atoms with Crippen molar-refractivity contribution in [3.8, 4) is 0 Å². The maximum Gasteiger partial charge on any atom is 0.377 e. The quantitative estimate of drug-likeness (QED) is 0.628. The molecule has 0 atom stereocenters. The molecule has 0 spiro atoms. The molecule has 110 valence electrons. The lowest BCUT2D eigenvalue weighted by Crippen LogP contribution is -2.57. The SMILES string of the molecule is CC(F)(F)CCC(F)(F)C(F)(F)C(F)(F)C(F)F. The number of rotatable bonds is 6. The minimum Gasteiger partial charge on any atom is -0.207 e. The third-order valence-electron chi connectivity index (χ3n) is 2.03. The van der Waals surface area contributed by atoms with Gasteiger partial charge in [-0.3, -0.25) is 0 Å². The van der Waals surface area contributed by atoms with Crippen LogP contribution in [0.2, 0.25) is 0 Å². The van der Waals surface area contributed by atoms with Gasteiger partial charge in [-0.2, -0.15) is 26.3 Å². The van der Waals surface area contributed by atoms with Gasteiger partial charge in [0.2, 0.25) is 5.92 Å². The molecule has 0 nitrogen and oxygen atoms in total. The molecule has 0 radical (unpaired) electrons. The number of halogens is 10. The van der Waals surface area contributed by atoms with Gasteiger partial charge in [-0.15, -0.1) is 0 Å². The Morgan fingerprint density at radius 1 is 0.778 bits per heavy atom. The predicted molar refractivity (Wildman–Crippen MR) is 40.7 cm³/mol. The van der Waals surface area contributed by atoms with Crippen molar-refractivity contribution in [2.24, 2.45) is 0 Å². The molecule has 0 saturated heterocycles. The highest BCUT2D eigenvalue weighted by Gasteiger charge is 2.74. The van der Waals surface area contributed by atoms with Gasteiger partial charge in [0.1, 0.15) is 0 Å². The van der Waals surface area contributed by atoms with Crippen molar-refractivity contribution < 1.29 is 43.9 Å². The van der Waals surface area contributed by atoms with Gasteiger partial charge >= 0.3 is 24.2 Å². The van der Waals surface area contributed by atoms with Gasteiger partial charge in [-0.05, 0) is 6.92 Å². The lowest BCUT2D eigenvalue weighted by atomic mass is 9.99. The van der Waals surface area contributed by atoms with E-state index in [-0.39, 0.29) is 6.92 Å². The van der Waals surface area contributed by atoms with Crippen LogP contribution in [0.4, 0.5) is 43.9 Å². The highest BCUT2D eigenvalue weighted by Crippen LogP contribution is 2.50. The smallest absolute Gasteiger partial charge is 0.207 e. The van der Waals surface area contributed by atoms with Gasteiger partial charge in [-0.25, -0.2) is 17.6 Å². The van der Waals surface area contributed by atoms with Crippen molar-refractivity contribution in [1.82, 2.24) is 0 Å². The summed E-state index contributed by atoms with van der Waals surface area (Å²) in [5.74, 6) is -22.2. The average molecular weight is 294 g/mol. The van der Waals surface area contributed by atoms with Crippen LogP contribution >= 0.6 is 0 Å². The van der Waals surface area contributed by atoms with Crippen molar-refractivity contribution in [2.45, 2.75) is 49.9 Å². The molecular formula is C8H8F10. The van der Waals surface area contributed by atoms with Crippen LogP contribution in [0.3, 0.4) is 0 Å². The molecule has 0 aliphatic carbocycles. The Hall–Kier alpha value is -0.700. The molecule has 0 aromatic carbocycles. The maximum absolute atomic E-state index is 12.7. The van der Waals surface area contributed by atoms with Gasteiger partial charge in [0.05, 0.1) is 0 Å². The Kier molecular flexibility index (Phi) is 4.58. The lowest BCUT2D eigenvalue weighted by Gasteiger charge is -2.32.